The first-order valence-corrected chi connectivity index (χ1v) is 9.69. The largest absolute Gasteiger partial charge is 0.374 e. The van der Waals surface area contributed by atoms with Crippen molar-refractivity contribution in [3.63, 3.8) is 0 Å². The fraction of sp³-hybridized carbons (Fsp3) is 0.571. The Hall–Kier alpha value is -1.49. The van der Waals surface area contributed by atoms with Crippen LogP contribution in [0.5, 0.6) is 0 Å². The summed E-state index contributed by atoms with van der Waals surface area (Å²) in [6, 6.07) is 13.2. The van der Waals surface area contributed by atoms with Gasteiger partial charge in [-0.3, -0.25) is 9.88 Å². The third-order valence-electron chi connectivity index (χ3n) is 5.91. The first kappa shape index (κ1) is 15.7. The van der Waals surface area contributed by atoms with Crippen LogP contribution in [0.4, 0.5) is 0 Å². The van der Waals surface area contributed by atoms with Crippen LogP contribution in [0, 0.1) is 5.92 Å². The van der Waals surface area contributed by atoms with Crippen LogP contribution in [0.15, 0.2) is 36.4 Å². The van der Waals surface area contributed by atoms with Gasteiger partial charge >= 0.3 is 0 Å². The minimum absolute atomic E-state index is 0.239. The molecule has 2 aliphatic carbocycles. The predicted octanol–water partition coefficient (Wildman–Crippen LogP) is 3.39. The van der Waals surface area contributed by atoms with Gasteiger partial charge in [-0.1, -0.05) is 24.3 Å². The molecule has 3 atom stereocenters. The molecule has 1 aromatic heterocycles. The highest BCUT2D eigenvalue weighted by atomic mass is 16.5. The normalized spacial score (nSPS) is 29.8. The molecule has 25 heavy (non-hydrogen) atoms. The van der Waals surface area contributed by atoms with Gasteiger partial charge in [0.2, 0.25) is 0 Å². The zero-order chi connectivity index (χ0) is 16.6. The monoisotopic (exact) mass is 338 g/mol. The molecule has 3 aliphatic rings. The van der Waals surface area contributed by atoms with E-state index in [-0.39, 0.29) is 6.10 Å². The Morgan fingerprint density at radius 1 is 1.08 bits per heavy atom. The average Bonchev–Trinajstić information content (AvgIpc) is 3.39. The molecule has 0 radical (unpaired) electrons. The molecule has 3 fully saturated rings. The Kier molecular flexibility index (Phi) is 4.20. The third-order valence-corrected chi connectivity index (χ3v) is 5.91. The van der Waals surface area contributed by atoms with Gasteiger partial charge < -0.3 is 9.47 Å². The number of aromatic nitrogens is 1. The van der Waals surface area contributed by atoms with Crippen molar-refractivity contribution < 1.29 is 9.47 Å². The topological polar surface area (TPSA) is 34.6 Å². The maximum Gasteiger partial charge on any atom is 0.0991 e. The molecular weight excluding hydrogens is 312 g/mol. The Balaban J connectivity index is 1.34. The summed E-state index contributed by atoms with van der Waals surface area (Å²) in [5, 5.41) is 1.21. The van der Waals surface area contributed by atoms with E-state index in [1.807, 2.05) is 0 Å². The van der Waals surface area contributed by atoms with E-state index in [1.165, 1.54) is 24.6 Å². The fourth-order valence-corrected chi connectivity index (χ4v) is 4.32. The molecule has 0 amide bonds. The van der Waals surface area contributed by atoms with Gasteiger partial charge in [-0.2, -0.15) is 0 Å². The van der Waals surface area contributed by atoms with E-state index < -0.39 is 0 Å². The number of hydrogen-bond acceptors (Lipinski definition) is 4. The second kappa shape index (κ2) is 6.67. The summed E-state index contributed by atoms with van der Waals surface area (Å²) in [6.45, 7) is 3.58. The zero-order valence-electron chi connectivity index (χ0n) is 14.6. The molecule has 5 rings (SSSR count). The molecule has 0 unspecified atom stereocenters. The Morgan fingerprint density at radius 2 is 2.00 bits per heavy atom. The maximum atomic E-state index is 6.33. The summed E-state index contributed by atoms with van der Waals surface area (Å²) < 4.78 is 12.4. The molecule has 1 aromatic carbocycles. The standard InChI is InChI=1S/C21H26N2O2/c1-2-4-18-16(3-1)7-8-17(22-18)13-23-11-12-24-20-10-9-19(23)21(20)25-14-15-5-6-15/h1-4,7-8,15,19-21H,5-6,9-14H2/t19-,20-,21-/m0/s1. The van der Waals surface area contributed by atoms with Crippen molar-refractivity contribution in [1.29, 1.82) is 0 Å². The number of nitrogens with zero attached hydrogens (tertiary/aromatic N) is 2. The van der Waals surface area contributed by atoms with E-state index in [0.29, 0.717) is 12.1 Å². The molecule has 2 aromatic rings. The molecule has 0 spiro atoms. The van der Waals surface area contributed by atoms with Crippen molar-refractivity contribution in [2.24, 2.45) is 5.92 Å². The highest BCUT2D eigenvalue weighted by Gasteiger charge is 2.43. The summed E-state index contributed by atoms with van der Waals surface area (Å²) >= 11 is 0. The van der Waals surface area contributed by atoms with Crippen LogP contribution < -0.4 is 0 Å². The molecule has 4 heteroatoms. The van der Waals surface area contributed by atoms with Crippen molar-refractivity contribution >= 4 is 10.9 Å². The van der Waals surface area contributed by atoms with Crippen LogP contribution in [0.2, 0.25) is 0 Å². The number of ether oxygens (including phenoxy) is 2. The summed E-state index contributed by atoms with van der Waals surface area (Å²) in [6.07, 6.45) is 5.51. The lowest BCUT2D eigenvalue weighted by molar-refractivity contribution is -0.0572. The number of benzene rings is 1. The van der Waals surface area contributed by atoms with Gasteiger partial charge in [0.25, 0.3) is 0 Å². The van der Waals surface area contributed by atoms with E-state index in [2.05, 4.69) is 41.3 Å². The highest BCUT2D eigenvalue weighted by Crippen LogP contribution is 2.35. The van der Waals surface area contributed by atoms with E-state index in [0.717, 1.165) is 49.9 Å². The lowest BCUT2D eigenvalue weighted by Crippen LogP contribution is -2.43. The molecule has 2 saturated carbocycles. The lowest BCUT2D eigenvalue weighted by Gasteiger charge is -2.31. The van der Waals surface area contributed by atoms with Gasteiger partial charge in [-0.25, -0.2) is 0 Å². The van der Waals surface area contributed by atoms with Gasteiger partial charge in [0.05, 0.1) is 30.0 Å². The van der Waals surface area contributed by atoms with Gasteiger partial charge in [0.15, 0.2) is 0 Å². The second-order valence-electron chi connectivity index (χ2n) is 7.76. The van der Waals surface area contributed by atoms with Crippen LogP contribution in [0.1, 0.15) is 31.4 Å². The van der Waals surface area contributed by atoms with Gasteiger partial charge in [0.1, 0.15) is 0 Å². The molecule has 1 aliphatic heterocycles. The Bertz CT molecular complexity index is 746. The molecule has 1 saturated heterocycles. The van der Waals surface area contributed by atoms with Crippen LogP contribution >= 0.6 is 0 Å². The van der Waals surface area contributed by atoms with Crippen LogP contribution in [0.25, 0.3) is 10.9 Å². The number of fused-ring (bicyclic) bond motifs is 3. The summed E-state index contributed by atoms with van der Waals surface area (Å²) in [4.78, 5) is 7.41. The number of para-hydroxylation sites is 1. The number of pyridine rings is 1. The number of hydrogen-bond donors (Lipinski definition) is 0. The van der Waals surface area contributed by atoms with Crippen LogP contribution in [0.3, 0.4) is 0 Å². The Morgan fingerprint density at radius 3 is 2.92 bits per heavy atom. The van der Waals surface area contributed by atoms with Crippen LogP contribution in [-0.2, 0) is 16.0 Å². The minimum Gasteiger partial charge on any atom is -0.374 e. The van der Waals surface area contributed by atoms with E-state index in [9.17, 15) is 0 Å². The lowest BCUT2D eigenvalue weighted by atomic mass is 10.1. The van der Waals surface area contributed by atoms with Crippen LogP contribution in [-0.4, -0.2) is 47.9 Å². The summed E-state index contributed by atoms with van der Waals surface area (Å²) in [5.41, 5.74) is 2.22. The summed E-state index contributed by atoms with van der Waals surface area (Å²) in [7, 11) is 0. The molecule has 2 bridgehead atoms. The average molecular weight is 338 g/mol. The first-order chi connectivity index (χ1) is 12.4. The quantitative estimate of drug-likeness (QED) is 0.837. The van der Waals surface area contributed by atoms with Gasteiger partial charge in [-0.05, 0) is 43.7 Å². The smallest absolute Gasteiger partial charge is 0.0991 e. The molecule has 4 nitrogen and oxygen atoms in total. The Labute approximate surface area is 149 Å². The predicted molar refractivity (Wildman–Crippen MR) is 97.4 cm³/mol. The minimum atomic E-state index is 0.239. The molecular formula is C21H26N2O2. The van der Waals surface area contributed by atoms with Gasteiger partial charge in [-0.15, -0.1) is 0 Å². The molecule has 0 N–H and O–H groups in total. The van der Waals surface area contributed by atoms with Crippen molar-refractivity contribution in [3.8, 4) is 0 Å². The molecule has 132 valence electrons. The van der Waals surface area contributed by atoms with Crippen molar-refractivity contribution in [1.82, 2.24) is 9.88 Å². The zero-order valence-corrected chi connectivity index (χ0v) is 14.6. The second-order valence-corrected chi connectivity index (χ2v) is 7.76. The maximum absolute atomic E-state index is 6.33. The van der Waals surface area contributed by atoms with E-state index in [4.69, 9.17) is 14.5 Å². The van der Waals surface area contributed by atoms with E-state index in [1.54, 1.807) is 0 Å². The number of rotatable bonds is 5. The summed E-state index contributed by atoms with van der Waals surface area (Å²) in [5.74, 6) is 0.804. The van der Waals surface area contributed by atoms with E-state index >= 15 is 0 Å². The highest BCUT2D eigenvalue weighted by molar-refractivity contribution is 5.78. The first-order valence-electron chi connectivity index (χ1n) is 9.69. The fourth-order valence-electron chi connectivity index (χ4n) is 4.32. The van der Waals surface area contributed by atoms with Crippen molar-refractivity contribution in [2.75, 3.05) is 19.8 Å². The third kappa shape index (κ3) is 3.31. The molecule has 2 heterocycles. The SMILES string of the molecule is c1ccc2nc(CN3CCO[C@H]4CC[C@H]3[C@@H]4OCC3CC3)ccc2c1. The van der Waals surface area contributed by atoms with Crippen molar-refractivity contribution in [2.45, 2.75) is 50.5 Å². The van der Waals surface area contributed by atoms with Gasteiger partial charge in [0, 0.05) is 31.1 Å². The van der Waals surface area contributed by atoms with Crippen molar-refractivity contribution in [3.05, 3.63) is 42.1 Å².